The minimum Gasteiger partial charge on any atom is -0.368 e. The summed E-state index contributed by atoms with van der Waals surface area (Å²) >= 11 is 3.04. The van der Waals surface area contributed by atoms with Gasteiger partial charge in [0.25, 0.3) is 0 Å². The minimum absolute atomic E-state index is 0.0438. The van der Waals surface area contributed by atoms with Crippen LogP contribution in [0.2, 0.25) is 0 Å². The van der Waals surface area contributed by atoms with Crippen LogP contribution in [0.5, 0.6) is 0 Å². The first-order chi connectivity index (χ1) is 31.3. The first-order valence-electron chi connectivity index (χ1n) is 20.7. The molecule has 2 fully saturated rings. The molecule has 4 aromatic rings. The van der Waals surface area contributed by atoms with Crippen molar-refractivity contribution >= 4 is 53.5 Å². The number of nitrogens with zero attached hydrogens (tertiary/aromatic N) is 5. The Bertz CT molecular complexity index is 2460. The molecule has 0 bridgehead atoms. The van der Waals surface area contributed by atoms with Crippen LogP contribution in [-0.4, -0.2) is 125 Å². The van der Waals surface area contributed by atoms with Gasteiger partial charge in [0, 0.05) is 101 Å². The summed E-state index contributed by atoms with van der Waals surface area (Å²) < 4.78 is 158. The standard InChI is InChI=1S/C22H25F4N3O3S.C16H14BrF4NO2S.C6H12N2O/c1-17(30)27-9-11-28(12-10-27)20-8-7-19(21(23)13-20)14-29(16-22(24,25)26)33(31,32)15-18-5-3-2-4-6-18;17-14-7-6-13(15(18)8-14)9-22(11-16(19,20)21)25(23,24)10-12-4-2-1-3-5-12;1-6(9)8-4-2-7-3-5-8/h2-8,13H,9-12,14-16H2,1H3;1-8H,9-11H2;7H,2-5H2,1H3. The Morgan fingerprint density at radius 3 is 1.37 bits per heavy atom. The van der Waals surface area contributed by atoms with E-state index in [0.717, 1.165) is 32.2 Å². The summed E-state index contributed by atoms with van der Waals surface area (Å²) in [6.45, 7) is 3.83. The number of amides is 2. The van der Waals surface area contributed by atoms with Crippen molar-refractivity contribution in [2.75, 3.05) is 70.3 Å². The first-order valence-corrected chi connectivity index (χ1v) is 24.7. The molecule has 2 saturated heterocycles. The van der Waals surface area contributed by atoms with Crippen LogP contribution in [0.3, 0.4) is 0 Å². The molecule has 2 heterocycles. The number of benzene rings is 4. The number of anilines is 1. The second kappa shape index (κ2) is 24.6. The largest absolute Gasteiger partial charge is 0.402 e. The Kier molecular flexibility index (Phi) is 20.1. The van der Waals surface area contributed by atoms with Gasteiger partial charge in [0.15, 0.2) is 0 Å². The van der Waals surface area contributed by atoms with E-state index in [0.29, 0.717) is 47.5 Å². The molecule has 1 N–H and O–H groups in total. The molecule has 0 spiro atoms. The van der Waals surface area contributed by atoms with Gasteiger partial charge in [-0.2, -0.15) is 35.0 Å². The van der Waals surface area contributed by atoms with E-state index >= 15 is 0 Å². The highest BCUT2D eigenvalue weighted by molar-refractivity contribution is 9.10. The lowest BCUT2D eigenvalue weighted by atomic mass is 10.1. The molecule has 0 atom stereocenters. The van der Waals surface area contributed by atoms with Gasteiger partial charge in [-0.15, -0.1) is 0 Å². The van der Waals surface area contributed by atoms with Crippen molar-refractivity contribution in [1.29, 1.82) is 0 Å². The summed E-state index contributed by atoms with van der Waals surface area (Å²) in [4.78, 5) is 27.5. The number of halogens is 9. The summed E-state index contributed by atoms with van der Waals surface area (Å²) in [5.41, 5.74) is 0.927. The number of hydrogen-bond acceptors (Lipinski definition) is 8. The van der Waals surface area contributed by atoms with Crippen LogP contribution < -0.4 is 10.2 Å². The van der Waals surface area contributed by atoms with Gasteiger partial charge in [0.2, 0.25) is 31.9 Å². The maximum Gasteiger partial charge on any atom is 0.402 e. The molecule has 12 nitrogen and oxygen atoms in total. The van der Waals surface area contributed by atoms with Crippen LogP contribution in [0.25, 0.3) is 0 Å². The molecule has 0 saturated carbocycles. The van der Waals surface area contributed by atoms with Crippen LogP contribution in [-0.2, 0) is 54.2 Å². The van der Waals surface area contributed by atoms with Gasteiger partial charge in [-0.3, -0.25) is 9.59 Å². The molecule has 2 amide bonds. The molecule has 23 heteroatoms. The third kappa shape index (κ3) is 18.7. The van der Waals surface area contributed by atoms with Gasteiger partial charge >= 0.3 is 12.4 Å². The molecule has 4 aromatic carbocycles. The third-order valence-electron chi connectivity index (χ3n) is 10.3. The normalized spacial score (nSPS) is 14.9. The van der Waals surface area contributed by atoms with Gasteiger partial charge in [-0.1, -0.05) is 88.7 Å². The van der Waals surface area contributed by atoms with Gasteiger partial charge in [-0.25, -0.2) is 25.6 Å². The van der Waals surface area contributed by atoms with E-state index in [2.05, 4.69) is 21.2 Å². The van der Waals surface area contributed by atoms with E-state index in [1.165, 1.54) is 55.5 Å². The summed E-state index contributed by atoms with van der Waals surface area (Å²) in [5.74, 6) is -2.64. The SMILES string of the molecule is CC(=O)N1CCN(c2ccc(CN(CC(F)(F)F)S(=O)(=O)Cc3ccccc3)c(F)c2)CC1.CC(=O)N1CCNCC1.O=S(=O)(Cc1ccccc1)N(Cc1ccc(Br)cc1F)CC(F)(F)F. The molecule has 0 aromatic heterocycles. The lowest BCUT2D eigenvalue weighted by molar-refractivity contribution is -0.137. The maximum atomic E-state index is 14.8. The van der Waals surface area contributed by atoms with E-state index in [1.807, 2.05) is 9.80 Å². The maximum absolute atomic E-state index is 14.8. The summed E-state index contributed by atoms with van der Waals surface area (Å²) in [6.07, 6.45) is -9.52. The highest BCUT2D eigenvalue weighted by Gasteiger charge is 2.38. The third-order valence-corrected chi connectivity index (χ3v) is 14.3. The van der Waals surface area contributed by atoms with Crippen LogP contribution in [0.4, 0.5) is 40.8 Å². The average Bonchev–Trinajstić information content (AvgIpc) is 3.25. The van der Waals surface area contributed by atoms with E-state index in [-0.39, 0.29) is 31.6 Å². The Morgan fingerprint density at radius 1 is 0.597 bits per heavy atom. The predicted octanol–water partition coefficient (Wildman–Crippen LogP) is 7.31. The van der Waals surface area contributed by atoms with Gasteiger partial charge < -0.3 is 20.0 Å². The number of hydrogen-bond donors (Lipinski definition) is 1. The Morgan fingerprint density at radius 2 is 1.00 bits per heavy atom. The fourth-order valence-corrected chi connectivity index (χ4v) is 10.1. The van der Waals surface area contributed by atoms with Crippen molar-refractivity contribution in [2.45, 2.75) is 50.8 Å². The van der Waals surface area contributed by atoms with Crippen molar-refractivity contribution in [3.63, 3.8) is 0 Å². The van der Waals surface area contributed by atoms with Crippen molar-refractivity contribution in [2.24, 2.45) is 0 Å². The van der Waals surface area contributed by atoms with Gasteiger partial charge in [0.05, 0.1) is 11.5 Å². The smallest absolute Gasteiger partial charge is 0.368 e. The molecule has 2 aliphatic rings. The second-order valence-corrected chi connectivity index (χ2v) is 20.4. The van der Waals surface area contributed by atoms with Gasteiger partial charge in [0.1, 0.15) is 24.7 Å². The first kappa shape index (κ1) is 54.9. The summed E-state index contributed by atoms with van der Waals surface area (Å²) in [7, 11) is -8.67. The van der Waals surface area contributed by atoms with Crippen molar-refractivity contribution < 1.29 is 61.5 Å². The average molecular weight is 1060 g/mol. The highest BCUT2D eigenvalue weighted by Crippen LogP contribution is 2.27. The predicted molar refractivity (Wildman–Crippen MR) is 241 cm³/mol. The lowest BCUT2D eigenvalue weighted by Gasteiger charge is -2.35. The minimum atomic E-state index is -4.78. The quantitative estimate of drug-likeness (QED) is 0.138. The Balaban J connectivity index is 0.000000253. The van der Waals surface area contributed by atoms with Crippen LogP contribution in [0.15, 0.2) is 102 Å². The van der Waals surface area contributed by atoms with Crippen molar-refractivity contribution in [1.82, 2.24) is 23.7 Å². The number of alkyl halides is 6. The number of piperazine rings is 2. The molecular weight excluding hydrogens is 1000 g/mol. The van der Waals surface area contributed by atoms with Gasteiger partial charge in [-0.05, 0) is 35.4 Å². The molecule has 0 unspecified atom stereocenters. The zero-order chi connectivity index (χ0) is 49.6. The van der Waals surface area contributed by atoms with E-state index in [9.17, 15) is 61.5 Å². The fraction of sp³-hybridized carbons (Fsp3) is 0.409. The zero-order valence-electron chi connectivity index (χ0n) is 36.5. The molecule has 6 rings (SSSR count). The monoisotopic (exact) mass is 1050 g/mol. The number of nitrogens with one attached hydrogen (secondary N) is 1. The summed E-state index contributed by atoms with van der Waals surface area (Å²) in [5, 5.41) is 3.18. The van der Waals surface area contributed by atoms with Crippen LogP contribution in [0.1, 0.15) is 36.1 Å². The Hall–Kier alpha value is -4.68. The number of rotatable bonds is 13. The molecule has 0 aliphatic carbocycles. The van der Waals surface area contributed by atoms with Crippen LogP contribution in [0, 0.1) is 11.6 Å². The molecule has 368 valence electrons. The highest BCUT2D eigenvalue weighted by atomic mass is 79.9. The van der Waals surface area contributed by atoms with Crippen LogP contribution >= 0.6 is 15.9 Å². The van der Waals surface area contributed by atoms with Crippen molar-refractivity contribution in [3.8, 4) is 0 Å². The molecule has 0 radical (unpaired) electrons. The lowest BCUT2D eigenvalue weighted by Crippen LogP contribution is -2.48. The fourth-order valence-electron chi connectivity index (χ4n) is 6.81. The van der Waals surface area contributed by atoms with E-state index in [1.54, 1.807) is 54.3 Å². The molecule has 2 aliphatic heterocycles. The number of carbonyl (C=O) groups is 2. The van der Waals surface area contributed by atoms with E-state index in [4.69, 9.17) is 0 Å². The van der Waals surface area contributed by atoms with Crippen molar-refractivity contribution in [3.05, 3.63) is 135 Å². The number of carbonyl (C=O) groups excluding carboxylic acids is 2. The van der Waals surface area contributed by atoms with E-state index < -0.39 is 81.7 Å². The topological polar surface area (TPSA) is 131 Å². The molecular formula is C44H51BrF8N6O6S2. The zero-order valence-corrected chi connectivity index (χ0v) is 39.8. The Labute approximate surface area is 393 Å². The molecule has 67 heavy (non-hydrogen) atoms. The summed E-state index contributed by atoms with van der Waals surface area (Å²) in [6, 6.07) is 23.5. The number of sulfonamides is 2. The second-order valence-electron chi connectivity index (χ2n) is 15.5.